The summed E-state index contributed by atoms with van der Waals surface area (Å²) in [6.45, 7) is 1.34. The fourth-order valence-corrected chi connectivity index (χ4v) is 3.01. The minimum Gasteiger partial charge on any atom is -0.452 e. The van der Waals surface area contributed by atoms with Crippen molar-refractivity contribution in [2.24, 2.45) is 0 Å². The van der Waals surface area contributed by atoms with Gasteiger partial charge in [-0.1, -0.05) is 54.1 Å². The molecule has 0 aromatic heterocycles. The molecular weight excluding hydrogens is 369 g/mol. The van der Waals surface area contributed by atoms with E-state index in [-0.39, 0.29) is 16.6 Å². The summed E-state index contributed by atoms with van der Waals surface area (Å²) in [7, 11) is 0. The van der Waals surface area contributed by atoms with E-state index in [0.29, 0.717) is 0 Å². The largest absolute Gasteiger partial charge is 0.452 e. The first kappa shape index (κ1) is 18.9. The van der Waals surface area contributed by atoms with Crippen LogP contribution in [0.3, 0.4) is 0 Å². The molecule has 1 atom stereocenters. The standard InChI is InChI=1S/C21H17ClFNO3/c1-13(16-8-4-6-14-5-2-3-7-17(14)16)24-20(25)12-27-21(26)18-10-9-15(22)11-19(18)23/h2-11,13H,12H2,1H3,(H,24,25)/t13-/m0/s1. The molecule has 0 radical (unpaired) electrons. The zero-order valence-electron chi connectivity index (χ0n) is 14.5. The van der Waals surface area contributed by atoms with E-state index in [1.165, 1.54) is 12.1 Å². The van der Waals surface area contributed by atoms with E-state index in [9.17, 15) is 14.0 Å². The Morgan fingerprint density at radius 1 is 1.11 bits per heavy atom. The maximum atomic E-state index is 13.7. The lowest BCUT2D eigenvalue weighted by molar-refractivity contribution is -0.124. The Labute approximate surface area is 160 Å². The summed E-state index contributed by atoms with van der Waals surface area (Å²) < 4.78 is 18.6. The molecule has 0 aliphatic rings. The molecule has 0 aliphatic carbocycles. The van der Waals surface area contributed by atoms with Gasteiger partial charge in [-0.2, -0.15) is 0 Å². The molecule has 3 rings (SSSR count). The van der Waals surface area contributed by atoms with Gasteiger partial charge in [0.15, 0.2) is 6.61 Å². The molecule has 27 heavy (non-hydrogen) atoms. The summed E-state index contributed by atoms with van der Waals surface area (Å²) in [5.41, 5.74) is 0.686. The fraction of sp³-hybridized carbons (Fsp3) is 0.143. The number of hydrogen-bond acceptors (Lipinski definition) is 3. The smallest absolute Gasteiger partial charge is 0.341 e. The highest BCUT2D eigenvalue weighted by Gasteiger charge is 2.17. The molecule has 4 nitrogen and oxygen atoms in total. The van der Waals surface area contributed by atoms with Crippen molar-refractivity contribution in [2.45, 2.75) is 13.0 Å². The minimum atomic E-state index is -0.919. The molecule has 0 fully saturated rings. The predicted octanol–water partition coefficient (Wildman–Crippen LogP) is 4.67. The van der Waals surface area contributed by atoms with E-state index in [1.54, 1.807) is 0 Å². The van der Waals surface area contributed by atoms with Gasteiger partial charge in [-0.15, -0.1) is 0 Å². The fourth-order valence-electron chi connectivity index (χ4n) is 2.85. The highest BCUT2D eigenvalue weighted by atomic mass is 35.5. The van der Waals surface area contributed by atoms with Crippen molar-refractivity contribution < 1.29 is 18.7 Å². The SMILES string of the molecule is C[C@H](NC(=O)COC(=O)c1ccc(Cl)cc1F)c1cccc2ccccc12. The van der Waals surface area contributed by atoms with Crippen LogP contribution in [-0.4, -0.2) is 18.5 Å². The first-order valence-electron chi connectivity index (χ1n) is 8.35. The van der Waals surface area contributed by atoms with Crippen LogP contribution in [0, 0.1) is 5.82 Å². The van der Waals surface area contributed by atoms with Crippen LogP contribution in [0.5, 0.6) is 0 Å². The van der Waals surface area contributed by atoms with Gasteiger partial charge in [0, 0.05) is 5.02 Å². The van der Waals surface area contributed by atoms with Crippen LogP contribution < -0.4 is 5.32 Å². The van der Waals surface area contributed by atoms with Crippen molar-refractivity contribution in [3.63, 3.8) is 0 Å². The average Bonchev–Trinajstić information content (AvgIpc) is 2.65. The number of carbonyl (C=O) groups excluding carboxylic acids is 2. The zero-order chi connectivity index (χ0) is 19.4. The van der Waals surface area contributed by atoms with Crippen molar-refractivity contribution in [2.75, 3.05) is 6.61 Å². The van der Waals surface area contributed by atoms with Gasteiger partial charge in [0.2, 0.25) is 0 Å². The summed E-state index contributed by atoms with van der Waals surface area (Å²) in [5, 5.41) is 5.07. The van der Waals surface area contributed by atoms with E-state index >= 15 is 0 Å². The van der Waals surface area contributed by atoms with Gasteiger partial charge in [-0.3, -0.25) is 4.79 Å². The van der Waals surface area contributed by atoms with Crippen LogP contribution >= 0.6 is 11.6 Å². The second kappa shape index (κ2) is 8.18. The lowest BCUT2D eigenvalue weighted by atomic mass is 10.00. The third-order valence-electron chi connectivity index (χ3n) is 4.15. The topological polar surface area (TPSA) is 55.4 Å². The van der Waals surface area contributed by atoms with Gasteiger partial charge in [0.1, 0.15) is 5.82 Å². The van der Waals surface area contributed by atoms with E-state index in [0.717, 1.165) is 22.4 Å². The maximum absolute atomic E-state index is 13.7. The molecular formula is C21H17ClFNO3. The quantitative estimate of drug-likeness (QED) is 0.649. The Morgan fingerprint density at radius 3 is 2.63 bits per heavy atom. The van der Waals surface area contributed by atoms with E-state index in [4.69, 9.17) is 16.3 Å². The van der Waals surface area contributed by atoms with Gasteiger partial charge < -0.3 is 10.1 Å². The minimum absolute atomic E-state index is 0.172. The van der Waals surface area contributed by atoms with Gasteiger partial charge in [0.05, 0.1) is 11.6 Å². The Bertz CT molecular complexity index is 1000. The van der Waals surface area contributed by atoms with E-state index in [1.807, 2.05) is 49.4 Å². The molecule has 1 N–H and O–H groups in total. The molecule has 0 saturated heterocycles. The number of rotatable bonds is 5. The van der Waals surface area contributed by atoms with E-state index in [2.05, 4.69) is 5.32 Å². The van der Waals surface area contributed by atoms with E-state index < -0.39 is 24.3 Å². The third-order valence-corrected chi connectivity index (χ3v) is 4.39. The number of hydrogen-bond donors (Lipinski definition) is 1. The third kappa shape index (κ3) is 4.44. The molecule has 0 bridgehead atoms. The van der Waals surface area contributed by atoms with Crippen LogP contribution in [0.25, 0.3) is 10.8 Å². The molecule has 6 heteroatoms. The Balaban J connectivity index is 1.62. The molecule has 138 valence electrons. The van der Waals surface area contributed by atoms with Crippen molar-refractivity contribution in [3.05, 3.63) is 82.6 Å². The molecule has 0 aliphatic heterocycles. The molecule has 1 amide bonds. The normalized spacial score (nSPS) is 11.8. The monoisotopic (exact) mass is 385 g/mol. The number of esters is 1. The lowest BCUT2D eigenvalue weighted by Gasteiger charge is -2.16. The second-order valence-corrected chi connectivity index (χ2v) is 6.49. The zero-order valence-corrected chi connectivity index (χ0v) is 15.3. The molecule has 3 aromatic carbocycles. The number of halogens is 2. The number of nitrogens with one attached hydrogen (secondary N) is 1. The Hall–Kier alpha value is -2.92. The highest BCUT2D eigenvalue weighted by Crippen LogP contribution is 2.24. The highest BCUT2D eigenvalue weighted by molar-refractivity contribution is 6.30. The summed E-state index contributed by atoms with van der Waals surface area (Å²) in [5.74, 6) is -2.19. The number of benzene rings is 3. The van der Waals surface area contributed by atoms with Crippen molar-refractivity contribution in [1.82, 2.24) is 5.32 Å². The van der Waals surface area contributed by atoms with Crippen molar-refractivity contribution in [3.8, 4) is 0 Å². The molecule has 0 unspecified atom stereocenters. The Morgan fingerprint density at radius 2 is 1.85 bits per heavy atom. The molecule has 0 heterocycles. The van der Waals surface area contributed by atoms with Gasteiger partial charge in [0.25, 0.3) is 5.91 Å². The molecule has 0 spiro atoms. The molecule has 3 aromatic rings. The average molecular weight is 386 g/mol. The van der Waals surface area contributed by atoms with Crippen LogP contribution in [0.2, 0.25) is 5.02 Å². The summed E-state index contributed by atoms with van der Waals surface area (Å²) in [4.78, 5) is 24.1. The van der Waals surface area contributed by atoms with Crippen LogP contribution in [0.15, 0.2) is 60.7 Å². The number of carbonyl (C=O) groups is 2. The van der Waals surface area contributed by atoms with Crippen molar-refractivity contribution in [1.29, 1.82) is 0 Å². The number of amides is 1. The van der Waals surface area contributed by atoms with Crippen LogP contribution in [0.4, 0.5) is 4.39 Å². The summed E-state index contributed by atoms with van der Waals surface area (Å²) in [6, 6.07) is 17.0. The van der Waals surface area contributed by atoms with Crippen LogP contribution in [-0.2, 0) is 9.53 Å². The lowest BCUT2D eigenvalue weighted by Crippen LogP contribution is -2.31. The number of fused-ring (bicyclic) bond motifs is 1. The van der Waals surface area contributed by atoms with Crippen molar-refractivity contribution >= 4 is 34.2 Å². The summed E-state index contributed by atoms with van der Waals surface area (Å²) in [6.07, 6.45) is 0. The molecule has 0 saturated carbocycles. The van der Waals surface area contributed by atoms with Gasteiger partial charge in [-0.25, -0.2) is 9.18 Å². The predicted molar refractivity (Wildman–Crippen MR) is 102 cm³/mol. The van der Waals surface area contributed by atoms with Gasteiger partial charge in [-0.05, 0) is 41.5 Å². The number of ether oxygens (including phenoxy) is 1. The second-order valence-electron chi connectivity index (χ2n) is 6.06. The van der Waals surface area contributed by atoms with Gasteiger partial charge >= 0.3 is 5.97 Å². The van der Waals surface area contributed by atoms with Crippen LogP contribution in [0.1, 0.15) is 28.9 Å². The maximum Gasteiger partial charge on any atom is 0.341 e. The first-order valence-corrected chi connectivity index (χ1v) is 8.72. The summed E-state index contributed by atoms with van der Waals surface area (Å²) >= 11 is 5.65. The first-order chi connectivity index (χ1) is 13.0. The Kier molecular flexibility index (Phi) is 5.72.